The number of carbonyl (C=O) groups is 4. The molecule has 3 atom stereocenters. The van der Waals surface area contributed by atoms with Crippen molar-refractivity contribution in [1.29, 1.82) is 0 Å². The van der Waals surface area contributed by atoms with Crippen LogP contribution in [0, 0.1) is 5.92 Å². The standard InChI is InChI=1S/C21H27N3O6S/c1-11(2)7-17(31)20(28)23-15(9-18(25)26)19(27)24-16(21(29)30)8-12-10-22-14-6-4-3-5-13(12)14/h3-6,10-11,15-17,22,31H,7-9H2,1-2H3,(H,23,28)(H,24,27)(H,25,26)(H,29,30)/t15-,16-,17-/m0/s1. The number of carboxylic acid groups (broad SMARTS) is 2. The summed E-state index contributed by atoms with van der Waals surface area (Å²) in [5.41, 5.74) is 1.52. The van der Waals surface area contributed by atoms with E-state index in [1.807, 2.05) is 38.1 Å². The number of para-hydroxylation sites is 1. The van der Waals surface area contributed by atoms with Crippen LogP contribution in [-0.2, 0) is 25.6 Å². The molecule has 0 saturated heterocycles. The molecule has 1 aromatic heterocycles. The number of carbonyl (C=O) groups excluding carboxylic acids is 2. The third-order valence-corrected chi connectivity index (χ3v) is 5.17. The first-order chi connectivity index (χ1) is 14.6. The summed E-state index contributed by atoms with van der Waals surface area (Å²) in [4.78, 5) is 51.0. The van der Waals surface area contributed by atoms with Gasteiger partial charge in [0.15, 0.2) is 0 Å². The first kappa shape index (κ1) is 24.3. The number of H-pyrrole nitrogens is 1. The van der Waals surface area contributed by atoms with Gasteiger partial charge in [0.25, 0.3) is 0 Å². The van der Waals surface area contributed by atoms with Gasteiger partial charge in [-0.2, -0.15) is 12.6 Å². The molecule has 2 amide bonds. The van der Waals surface area contributed by atoms with Crippen LogP contribution in [0.3, 0.4) is 0 Å². The molecule has 0 aliphatic heterocycles. The lowest BCUT2D eigenvalue weighted by Gasteiger charge is -2.22. The Bertz CT molecular complexity index is 957. The van der Waals surface area contributed by atoms with E-state index in [1.54, 1.807) is 6.20 Å². The second-order valence-electron chi connectivity index (χ2n) is 7.77. The lowest BCUT2D eigenvalue weighted by atomic mass is 10.0. The van der Waals surface area contributed by atoms with Gasteiger partial charge in [0, 0.05) is 23.5 Å². The number of aromatic amines is 1. The number of carboxylic acids is 2. The third-order valence-electron chi connectivity index (χ3n) is 4.72. The molecule has 10 heteroatoms. The lowest BCUT2D eigenvalue weighted by Crippen LogP contribution is -2.54. The molecule has 0 radical (unpaired) electrons. The van der Waals surface area contributed by atoms with E-state index in [9.17, 15) is 24.3 Å². The van der Waals surface area contributed by atoms with Gasteiger partial charge in [0.1, 0.15) is 12.1 Å². The number of nitrogens with one attached hydrogen (secondary N) is 3. The van der Waals surface area contributed by atoms with E-state index in [0.717, 1.165) is 10.9 Å². The fraction of sp³-hybridized carbons (Fsp3) is 0.429. The molecule has 2 aromatic rings. The quantitative estimate of drug-likeness (QED) is 0.287. The van der Waals surface area contributed by atoms with E-state index >= 15 is 0 Å². The lowest BCUT2D eigenvalue weighted by molar-refractivity contribution is -0.143. The van der Waals surface area contributed by atoms with Gasteiger partial charge in [0.05, 0.1) is 11.7 Å². The number of aromatic nitrogens is 1. The van der Waals surface area contributed by atoms with Crippen LogP contribution in [-0.4, -0.2) is 56.3 Å². The van der Waals surface area contributed by atoms with Gasteiger partial charge in [0.2, 0.25) is 11.8 Å². The molecular formula is C21H27N3O6S. The van der Waals surface area contributed by atoms with Crippen molar-refractivity contribution < 1.29 is 29.4 Å². The Balaban J connectivity index is 2.13. The number of hydrogen-bond donors (Lipinski definition) is 6. The molecule has 9 nitrogen and oxygen atoms in total. The molecule has 0 saturated carbocycles. The topological polar surface area (TPSA) is 149 Å². The van der Waals surface area contributed by atoms with Gasteiger partial charge in [-0.15, -0.1) is 0 Å². The normalized spacial score (nSPS) is 14.1. The zero-order chi connectivity index (χ0) is 23.1. The summed E-state index contributed by atoms with van der Waals surface area (Å²) in [6.07, 6.45) is 1.41. The smallest absolute Gasteiger partial charge is 0.326 e. The number of rotatable bonds is 11. The van der Waals surface area contributed by atoms with Crippen molar-refractivity contribution in [3.05, 3.63) is 36.0 Å². The molecule has 0 unspecified atom stereocenters. The van der Waals surface area contributed by atoms with Gasteiger partial charge in [-0.25, -0.2) is 4.79 Å². The maximum absolute atomic E-state index is 12.7. The monoisotopic (exact) mass is 449 g/mol. The van der Waals surface area contributed by atoms with Gasteiger partial charge >= 0.3 is 11.9 Å². The van der Waals surface area contributed by atoms with E-state index in [2.05, 4.69) is 28.2 Å². The molecule has 0 spiro atoms. The van der Waals surface area contributed by atoms with Crippen LogP contribution in [0.15, 0.2) is 30.5 Å². The SMILES string of the molecule is CC(C)C[C@H](S)C(=O)N[C@@H](CC(=O)O)C(=O)N[C@@H](Cc1c[nH]c2ccccc12)C(=O)O. The largest absolute Gasteiger partial charge is 0.481 e. The second kappa shape index (κ2) is 10.9. The maximum atomic E-state index is 12.7. The zero-order valence-electron chi connectivity index (χ0n) is 17.3. The Morgan fingerprint density at radius 1 is 1.03 bits per heavy atom. The average molecular weight is 450 g/mol. The molecule has 1 heterocycles. The van der Waals surface area contributed by atoms with Crippen molar-refractivity contribution in [3.63, 3.8) is 0 Å². The van der Waals surface area contributed by atoms with Crippen LogP contribution in [0.2, 0.25) is 0 Å². The van der Waals surface area contributed by atoms with Crippen LogP contribution in [0.25, 0.3) is 10.9 Å². The number of fused-ring (bicyclic) bond motifs is 1. The second-order valence-corrected chi connectivity index (χ2v) is 8.39. The summed E-state index contributed by atoms with van der Waals surface area (Å²) in [6.45, 7) is 3.81. The maximum Gasteiger partial charge on any atom is 0.326 e. The minimum Gasteiger partial charge on any atom is -0.481 e. The molecule has 0 fully saturated rings. The van der Waals surface area contributed by atoms with E-state index in [4.69, 9.17) is 5.11 Å². The fourth-order valence-electron chi connectivity index (χ4n) is 3.20. The summed E-state index contributed by atoms with van der Waals surface area (Å²) in [6, 6.07) is 4.61. The van der Waals surface area contributed by atoms with Crippen molar-refractivity contribution >= 4 is 47.3 Å². The first-order valence-corrected chi connectivity index (χ1v) is 10.4. The van der Waals surface area contributed by atoms with Crippen molar-refractivity contribution in [1.82, 2.24) is 15.6 Å². The fourth-order valence-corrected chi connectivity index (χ4v) is 3.69. The highest BCUT2D eigenvalue weighted by Crippen LogP contribution is 2.19. The Hall–Kier alpha value is -3.01. The molecule has 0 aliphatic carbocycles. The van der Waals surface area contributed by atoms with Gasteiger partial charge in [-0.1, -0.05) is 32.0 Å². The highest BCUT2D eigenvalue weighted by molar-refractivity contribution is 7.81. The van der Waals surface area contributed by atoms with Gasteiger partial charge in [-0.3, -0.25) is 14.4 Å². The minimum absolute atomic E-state index is 0.0125. The summed E-state index contributed by atoms with van der Waals surface area (Å²) in [7, 11) is 0. The zero-order valence-corrected chi connectivity index (χ0v) is 18.2. The molecule has 0 bridgehead atoms. The summed E-state index contributed by atoms with van der Waals surface area (Å²) in [5.74, 6) is -3.86. The van der Waals surface area contributed by atoms with Gasteiger partial charge in [-0.05, 0) is 24.0 Å². The Morgan fingerprint density at radius 2 is 1.68 bits per heavy atom. The van der Waals surface area contributed by atoms with E-state index < -0.39 is 47.5 Å². The highest BCUT2D eigenvalue weighted by atomic mass is 32.1. The summed E-state index contributed by atoms with van der Waals surface area (Å²) < 4.78 is 0. The van der Waals surface area contributed by atoms with Crippen LogP contribution >= 0.6 is 12.6 Å². The summed E-state index contributed by atoms with van der Waals surface area (Å²) in [5, 5.41) is 23.6. The van der Waals surface area contributed by atoms with Crippen LogP contribution in [0.4, 0.5) is 0 Å². The Labute approximate surface area is 185 Å². The van der Waals surface area contributed by atoms with E-state index in [-0.39, 0.29) is 12.3 Å². The first-order valence-electron chi connectivity index (χ1n) is 9.86. The molecule has 5 N–H and O–H groups in total. The predicted molar refractivity (Wildman–Crippen MR) is 118 cm³/mol. The van der Waals surface area contributed by atoms with Crippen molar-refractivity contribution in [2.24, 2.45) is 5.92 Å². The van der Waals surface area contributed by atoms with Crippen LogP contribution < -0.4 is 10.6 Å². The number of aliphatic carboxylic acids is 2. The number of thiol groups is 1. The number of hydrogen-bond acceptors (Lipinski definition) is 5. The number of amides is 2. The molecule has 31 heavy (non-hydrogen) atoms. The van der Waals surface area contributed by atoms with Crippen molar-refractivity contribution in [2.45, 2.75) is 50.4 Å². The predicted octanol–water partition coefficient (Wildman–Crippen LogP) is 1.58. The Kier molecular flexibility index (Phi) is 8.49. The molecule has 2 rings (SSSR count). The minimum atomic E-state index is -1.42. The van der Waals surface area contributed by atoms with Crippen molar-refractivity contribution in [2.75, 3.05) is 0 Å². The Morgan fingerprint density at radius 3 is 2.29 bits per heavy atom. The van der Waals surface area contributed by atoms with Gasteiger partial charge < -0.3 is 25.8 Å². The molecule has 0 aliphatic rings. The van der Waals surface area contributed by atoms with Crippen LogP contribution in [0.5, 0.6) is 0 Å². The molecule has 168 valence electrons. The third kappa shape index (κ3) is 7.02. The number of benzene rings is 1. The molecule has 1 aromatic carbocycles. The van der Waals surface area contributed by atoms with E-state index in [1.165, 1.54) is 0 Å². The van der Waals surface area contributed by atoms with Crippen molar-refractivity contribution in [3.8, 4) is 0 Å². The highest BCUT2D eigenvalue weighted by Gasteiger charge is 2.30. The van der Waals surface area contributed by atoms with Crippen LogP contribution in [0.1, 0.15) is 32.3 Å². The average Bonchev–Trinajstić information content (AvgIpc) is 3.08. The summed E-state index contributed by atoms with van der Waals surface area (Å²) >= 11 is 4.21. The van der Waals surface area contributed by atoms with E-state index in [0.29, 0.717) is 12.0 Å². The molecular weight excluding hydrogens is 422 g/mol.